The summed E-state index contributed by atoms with van der Waals surface area (Å²) in [6.45, 7) is 8.07. The highest BCUT2D eigenvalue weighted by Gasteiger charge is 2.35. The molecule has 0 N–H and O–H groups in total. The second-order valence-electron chi connectivity index (χ2n) is 9.49. The van der Waals surface area contributed by atoms with Crippen molar-refractivity contribution in [1.29, 1.82) is 0 Å². The van der Waals surface area contributed by atoms with Gasteiger partial charge in [0.2, 0.25) is 5.91 Å². The molecule has 2 amide bonds. The maximum absolute atomic E-state index is 12.9. The van der Waals surface area contributed by atoms with E-state index in [1.807, 2.05) is 16.7 Å². The van der Waals surface area contributed by atoms with Gasteiger partial charge in [0.15, 0.2) is 5.69 Å². The summed E-state index contributed by atoms with van der Waals surface area (Å²) >= 11 is 0. The molecule has 2 fully saturated rings. The minimum Gasteiger partial charge on any atom is -0.360 e. The first kappa shape index (κ1) is 20.2. The lowest BCUT2D eigenvalue weighted by Gasteiger charge is -2.31. The monoisotopic (exact) mass is 423 g/mol. The lowest BCUT2D eigenvalue weighted by Crippen LogP contribution is -2.39. The Morgan fingerprint density at radius 1 is 1.19 bits per heavy atom. The molecule has 1 atom stereocenters. The Morgan fingerprint density at radius 2 is 2.00 bits per heavy atom. The molecule has 31 heavy (non-hydrogen) atoms. The third kappa shape index (κ3) is 3.83. The van der Waals surface area contributed by atoms with E-state index in [4.69, 9.17) is 14.5 Å². The number of hydrogen-bond donors (Lipinski definition) is 0. The Balaban J connectivity index is 1.36. The minimum atomic E-state index is -0.0931. The molecule has 0 aromatic carbocycles. The first-order chi connectivity index (χ1) is 14.9. The van der Waals surface area contributed by atoms with Crippen molar-refractivity contribution in [3.05, 3.63) is 34.6 Å². The highest BCUT2D eigenvalue weighted by atomic mass is 16.5. The van der Waals surface area contributed by atoms with Crippen LogP contribution in [0.4, 0.5) is 5.82 Å². The number of carbonyl (C=O) groups excluding carboxylic acids is 2. The zero-order valence-corrected chi connectivity index (χ0v) is 18.4. The summed E-state index contributed by atoms with van der Waals surface area (Å²) in [5, 5.41) is 4.00. The third-order valence-corrected chi connectivity index (χ3v) is 6.47. The molecule has 1 saturated carbocycles. The molecule has 0 unspecified atom stereocenters. The van der Waals surface area contributed by atoms with Crippen LogP contribution in [-0.4, -0.2) is 51.5 Å². The molecule has 1 saturated heterocycles. The van der Waals surface area contributed by atoms with Crippen LogP contribution in [0.2, 0.25) is 0 Å². The fraction of sp³-hybridized carbons (Fsp3) is 0.609. The van der Waals surface area contributed by atoms with Crippen molar-refractivity contribution >= 4 is 17.6 Å². The summed E-state index contributed by atoms with van der Waals surface area (Å²) < 4.78 is 5.35. The number of carbonyl (C=O) groups is 2. The van der Waals surface area contributed by atoms with Crippen molar-refractivity contribution in [2.75, 3.05) is 24.5 Å². The number of likely N-dealkylation sites (tertiary alicyclic amines) is 1. The fourth-order valence-electron chi connectivity index (χ4n) is 4.61. The molecule has 0 radical (unpaired) electrons. The van der Waals surface area contributed by atoms with E-state index < -0.39 is 0 Å². The van der Waals surface area contributed by atoms with E-state index >= 15 is 0 Å². The number of aryl methyl sites for hydroxylation is 1. The van der Waals surface area contributed by atoms with E-state index in [1.165, 1.54) is 0 Å². The highest BCUT2D eigenvalue weighted by Crippen LogP contribution is 2.40. The average molecular weight is 424 g/mol. The lowest BCUT2D eigenvalue weighted by molar-refractivity contribution is -0.119. The van der Waals surface area contributed by atoms with Gasteiger partial charge in [0.1, 0.15) is 17.4 Å². The number of aromatic nitrogens is 3. The molecule has 5 rings (SSSR count). The van der Waals surface area contributed by atoms with Gasteiger partial charge in [-0.25, -0.2) is 9.97 Å². The molecule has 8 nitrogen and oxygen atoms in total. The SMILES string of the molecule is Cc1nc([C@@H]2CCN(C(=O)c3cc(C4CC4)on3)C2)nc2c1CCC(=O)N2CC(C)C. The second-order valence-corrected chi connectivity index (χ2v) is 9.49. The zero-order chi connectivity index (χ0) is 21.7. The van der Waals surface area contributed by atoms with E-state index in [0.717, 1.165) is 47.9 Å². The zero-order valence-electron chi connectivity index (χ0n) is 18.4. The minimum absolute atomic E-state index is 0.0562. The van der Waals surface area contributed by atoms with Crippen LogP contribution in [0.1, 0.15) is 84.7 Å². The fourth-order valence-corrected chi connectivity index (χ4v) is 4.61. The number of anilines is 1. The first-order valence-corrected chi connectivity index (χ1v) is 11.3. The highest BCUT2D eigenvalue weighted by molar-refractivity contribution is 5.95. The molecule has 2 aromatic rings. The van der Waals surface area contributed by atoms with Crippen molar-refractivity contribution < 1.29 is 14.1 Å². The van der Waals surface area contributed by atoms with Gasteiger partial charge < -0.3 is 9.42 Å². The van der Waals surface area contributed by atoms with E-state index in [0.29, 0.717) is 50.0 Å². The Hall–Kier alpha value is -2.77. The van der Waals surface area contributed by atoms with Gasteiger partial charge in [-0.2, -0.15) is 0 Å². The number of amides is 2. The molecular formula is C23H29N5O3. The molecule has 164 valence electrons. The van der Waals surface area contributed by atoms with Crippen LogP contribution in [0.15, 0.2) is 10.6 Å². The van der Waals surface area contributed by atoms with Gasteiger partial charge in [0.05, 0.1) is 0 Å². The Kier molecular flexibility index (Phi) is 5.02. The Labute approximate surface area is 182 Å². The largest absolute Gasteiger partial charge is 0.360 e. The van der Waals surface area contributed by atoms with Crippen LogP contribution in [-0.2, 0) is 11.2 Å². The van der Waals surface area contributed by atoms with Crippen molar-refractivity contribution in [3.63, 3.8) is 0 Å². The van der Waals surface area contributed by atoms with Gasteiger partial charge in [0.25, 0.3) is 5.91 Å². The summed E-state index contributed by atoms with van der Waals surface area (Å²) in [4.78, 5) is 38.8. The average Bonchev–Trinajstić information content (AvgIpc) is 3.26. The molecule has 2 aromatic heterocycles. The maximum atomic E-state index is 12.9. The molecule has 2 aliphatic heterocycles. The van der Waals surface area contributed by atoms with Crippen molar-refractivity contribution in [3.8, 4) is 0 Å². The smallest absolute Gasteiger partial charge is 0.276 e. The first-order valence-electron chi connectivity index (χ1n) is 11.3. The number of nitrogens with zero attached hydrogens (tertiary/aromatic N) is 5. The van der Waals surface area contributed by atoms with Crippen molar-refractivity contribution in [2.24, 2.45) is 5.92 Å². The normalized spacial score (nSPS) is 21.2. The van der Waals surface area contributed by atoms with E-state index in [1.54, 1.807) is 6.07 Å². The van der Waals surface area contributed by atoms with E-state index in [-0.39, 0.29) is 17.7 Å². The molecular weight excluding hydrogens is 394 g/mol. The summed E-state index contributed by atoms with van der Waals surface area (Å²) in [7, 11) is 0. The van der Waals surface area contributed by atoms with Crippen molar-refractivity contribution in [2.45, 2.75) is 64.7 Å². The van der Waals surface area contributed by atoms with E-state index in [2.05, 4.69) is 19.0 Å². The third-order valence-electron chi connectivity index (χ3n) is 6.47. The number of hydrogen-bond acceptors (Lipinski definition) is 6. The molecule has 8 heteroatoms. The van der Waals surface area contributed by atoms with Gasteiger partial charge in [-0.3, -0.25) is 14.5 Å². The van der Waals surface area contributed by atoms with Crippen LogP contribution < -0.4 is 4.90 Å². The van der Waals surface area contributed by atoms with Gasteiger partial charge >= 0.3 is 0 Å². The lowest BCUT2D eigenvalue weighted by atomic mass is 10.0. The van der Waals surface area contributed by atoms with Crippen LogP contribution >= 0.6 is 0 Å². The quantitative estimate of drug-likeness (QED) is 0.733. The van der Waals surface area contributed by atoms with Gasteiger partial charge in [-0.1, -0.05) is 19.0 Å². The van der Waals surface area contributed by atoms with Gasteiger partial charge in [-0.05, 0) is 38.5 Å². The predicted molar refractivity (Wildman–Crippen MR) is 114 cm³/mol. The van der Waals surface area contributed by atoms with E-state index in [9.17, 15) is 9.59 Å². The van der Waals surface area contributed by atoms with Crippen molar-refractivity contribution in [1.82, 2.24) is 20.0 Å². The summed E-state index contributed by atoms with van der Waals surface area (Å²) in [5.41, 5.74) is 2.40. The topological polar surface area (TPSA) is 92.4 Å². The predicted octanol–water partition coefficient (Wildman–Crippen LogP) is 3.22. The number of fused-ring (bicyclic) bond motifs is 1. The molecule has 4 heterocycles. The molecule has 0 spiro atoms. The van der Waals surface area contributed by atoms with Gasteiger partial charge in [-0.15, -0.1) is 0 Å². The summed E-state index contributed by atoms with van der Waals surface area (Å²) in [6, 6.07) is 1.79. The standard InChI is InChI=1S/C23H29N5O3/c1-13(2)11-28-20(29)7-6-17-14(3)24-21(25-22(17)28)16-8-9-27(12-16)23(30)18-10-19(31-26-18)15-4-5-15/h10,13,15-16H,4-9,11-12H2,1-3H3/t16-/m1/s1. The van der Waals surface area contributed by atoms with Crippen LogP contribution in [0.25, 0.3) is 0 Å². The summed E-state index contributed by atoms with van der Waals surface area (Å²) in [5.74, 6) is 3.20. The summed E-state index contributed by atoms with van der Waals surface area (Å²) in [6.07, 6.45) is 4.23. The second kappa shape index (κ2) is 7.73. The molecule has 1 aliphatic carbocycles. The molecule has 0 bridgehead atoms. The van der Waals surface area contributed by atoms with Crippen LogP contribution in [0.3, 0.4) is 0 Å². The van der Waals surface area contributed by atoms with Gasteiger partial charge in [0, 0.05) is 55.2 Å². The maximum Gasteiger partial charge on any atom is 0.276 e. The Morgan fingerprint density at radius 3 is 2.74 bits per heavy atom. The molecule has 3 aliphatic rings. The van der Waals surface area contributed by atoms with Crippen LogP contribution in [0, 0.1) is 12.8 Å². The Bertz CT molecular complexity index is 1030. The number of rotatable bonds is 5. The van der Waals surface area contributed by atoms with Crippen LogP contribution in [0.5, 0.6) is 0 Å².